The Balaban J connectivity index is 0.00000272. The molecule has 1 atom stereocenters. The van der Waals surface area contributed by atoms with Crippen molar-refractivity contribution in [2.24, 2.45) is 4.99 Å². The highest BCUT2D eigenvalue weighted by molar-refractivity contribution is 14.0. The number of ether oxygens (including phenoxy) is 1. The van der Waals surface area contributed by atoms with Gasteiger partial charge in [0.15, 0.2) is 5.96 Å². The van der Waals surface area contributed by atoms with Gasteiger partial charge in [-0.3, -0.25) is 9.79 Å². The van der Waals surface area contributed by atoms with Gasteiger partial charge in [0.25, 0.3) is 5.91 Å². The number of rotatable bonds is 5. The molecule has 172 valence electrons. The van der Waals surface area contributed by atoms with Gasteiger partial charge in [-0.25, -0.2) is 4.39 Å². The summed E-state index contributed by atoms with van der Waals surface area (Å²) in [7, 11) is 0. The monoisotopic (exact) mass is 544 g/mol. The number of nitrogens with zero attached hydrogens (tertiary/aromatic N) is 3. The molecule has 2 aliphatic heterocycles. The van der Waals surface area contributed by atoms with Gasteiger partial charge < -0.3 is 19.9 Å². The summed E-state index contributed by atoms with van der Waals surface area (Å²) in [5.41, 5.74) is 1.20. The number of carbonyl (C=O) groups is 1. The minimum atomic E-state index is -0.243. The molecular formula is C23H34FIN4O2. The van der Waals surface area contributed by atoms with Crippen molar-refractivity contribution in [3.63, 3.8) is 0 Å². The van der Waals surface area contributed by atoms with E-state index >= 15 is 0 Å². The fourth-order valence-electron chi connectivity index (χ4n) is 4.71. The molecule has 3 aliphatic rings. The lowest BCUT2D eigenvalue weighted by atomic mass is 9.64. The third kappa shape index (κ3) is 5.50. The molecule has 6 nitrogen and oxygen atoms in total. The maximum atomic E-state index is 13.4. The van der Waals surface area contributed by atoms with Crippen molar-refractivity contribution in [1.82, 2.24) is 15.1 Å². The minimum Gasteiger partial charge on any atom is -0.368 e. The van der Waals surface area contributed by atoms with Crippen LogP contribution in [-0.4, -0.2) is 73.6 Å². The van der Waals surface area contributed by atoms with E-state index in [-0.39, 0.29) is 47.2 Å². The van der Waals surface area contributed by atoms with Gasteiger partial charge in [0, 0.05) is 44.7 Å². The van der Waals surface area contributed by atoms with Crippen LogP contribution in [0.2, 0.25) is 0 Å². The molecule has 1 amide bonds. The molecule has 0 spiro atoms. The van der Waals surface area contributed by atoms with Gasteiger partial charge in [0.1, 0.15) is 11.9 Å². The normalized spacial score (nSPS) is 23.2. The van der Waals surface area contributed by atoms with Crippen LogP contribution in [0.4, 0.5) is 4.39 Å². The van der Waals surface area contributed by atoms with Crippen molar-refractivity contribution in [3.05, 3.63) is 35.6 Å². The number of halogens is 2. The van der Waals surface area contributed by atoms with Gasteiger partial charge in [0.05, 0.1) is 6.54 Å². The number of carbonyl (C=O) groups excluding carboxylic acids is 1. The minimum absolute atomic E-state index is 0. The Morgan fingerprint density at radius 2 is 1.84 bits per heavy atom. The SMILES string of the molecule is CCNC(=NCC1(c2ccc(F)cc2)CCC1)N1CCN(C(=O)C2CCCO2)CC1.I. The van der Waals surface area contributed by atoms with Crippen LogP contribution in [0.5, 0.6) is 0 Å². The molecule has 1 aliphatic carbocycles. The fourth-order valence-corrected chi connectivity index (χ4v) is 4.71. The summed E-state index contributed by atoms with van der Waals surface area (Å²) in [6.07, 6.45) is 4.94. The average Bonchev–Trinajstić information content (AvgIpc) is 3.28. The highest BCUT2D eigenvalue weighted by Gasteiger charge is 2.39. The smallest absolute Gasteiger partial charge is 0.251 e. The Kier molecular flexibility index (Phi) is 8.55. The second-order valence-electron chi connectivity index (χ2n) is 8.62. The van der Waals surface area contributed by atoms with Crippen LogP contribution < -0.4 is 5.32 Å². The molecule has 3 fully saturated rings. The van der Waals surface area contributed by atoms with Crippen LogP contribution in [0.15, 0.2) is 29.3 Å². The summed E-state index contributed by atoms with van der Waals surface area (Å²) < 4.78 is 18.9. The van der Waals surface area contributed by atoms with E-state index < -0.39 is 0 Å². The maximum absolute atomic E-state index is 13.4. The summed E-state index contributed by atoms with van der Waals surface area (Å²) in [5.74, 6) is 0.856. The first-order chi connectivity index (χ1) is 14.6. The number of amides is 1. The Morgan fingerprint density at radius 1 is 1.16 bits per heavy atom. The predicted molar refractivity (Wildman–Crippen MR) is 130 cm³/mol. The first kappa shape index (κ1) is 24.2. The Bertz CT molecular complexity index is 755. The molecule has 2 heterocycles. The van der Waals surface area contributed by atoms with E-state index in [0.29, 0.717) is 26.2 Å². The number of benzene rings is 1. The summed E-state index contributed by atoms with van der Waals surface area (Å²) in [4.78, 5) is 21.8. The van der Waals surface area contributed by atoms with E-state index in [2.05, 4.69) is 17.1 Å². The standard InChI is InChI=1S/C23H33FN4O2.HI/c1-2-25-22(26-17-23(10-4-11-23)18-6-8-19(24)9-7-18)28-14-12-27(13-15-28)21(29)20-5-3-16-30-20;/h6-9,20H,2-5,10-17H2,1H3,(H,25,26);1H. The van der Waals surface area contributed by atoms with Crippen molar-refractivity contribution in [3.8, 4) is 0 Å². The van der Waals surface area contributed by atoms with Crippen molar-refractivity contribution >= 4 is 35.8 Å². The van der Waals surface area contributed by atoms with E-state index in [0.717, 1.165) is 51.3 Å². The average molecular weight is 544 g/mol. The molecule has 4 rings (SSSR count). The van der Waals surface area contributed by atoms with Crippen LogP contribution in [0.1, 0.15) is 44.6 Å². The molecule has 31 heavy (non-hydrogen) atoms. The van der Waals surface area contributed by atoms with Gasteiger partial charge >= 0.3 is 0 Å². The van der Waals surface area contributed by atoms with E-state index in [1.165, 1.54) is 12.0 Å². The zero-order chi connectivity index (χ0) is 21.0. The number of guanidine groups is 1. The summed E-state index contributed by atoms with van der Waals surface area (Å²) in [6, 6.07) is 6.92. The second kappa shape index (κ2) is 10.9. The third-order valence-corrected chi connectivity index (χ3v) is 6.73. The summed E-state index contributed by atoms with van der Waals surface area (Å²) in [5, 5.41) is 3.42. The van der Waals surface area contributed by atoms with Gasteiger partial charge in [-0.05, 0) is 50.3 Å². The van der Waals surface area contributed by atoms with E-state index in [9.17, 15) is 9.18 Å². The molecule has 2 saturated heterocycles. The molecule has 0 radical (unpaired) electrons. The number of hydrogen-bond acceptors (Lipinski definition) is 3. The number of nitrogens with one attached hydrogen (secondary N) is 1. The lowest BCUT2D eigenvalue weighted by Gasteiger charge is -2.42. The highest BCUT2D eigenvalue weighted by Crippen LogP contribution is 2.44. The zero-order valence-electron chi connectivity index (χ0n) is 18.3. The van der Waals surface area contributed by atoms with Crippen LogP contribution >= 0.6 is 24.0 Å². The van der Waals surface area contributed by atoms with Gasteiger partial charge in [-0.15, -0.1) is 24.0 Å². The molecular weight excluding hydrogens is 510 g/mol. The molecule has 0 aromatic heterocycles. The third-order valence-electron chi connectivity index (χ3n) is 6.73. The van der Waals surface area contributed by atoms with Crippen LogP contribution in [0.3, 0.4) is 0 Å². The van der Waals surface area contributed by atoms with Crippen LogP contribution in [0, 0.1) is 5.82 Å². The Hall–Kier alpha value is -1.42. The second-order valence-corrected chi connectivity index (χ2v) is 8.62. The summed E-state index contributed by atoms with van der Waals surface area (Å²) in [6.45, 7) is 7.22. The molecule has 1 unspecified atom stereocenters. The number of aliphatic imine (C=N–C) groups is 1. The molecule has 1 saturated carbocycles. The van der Waals surface area contributed by atoms with Gasteiger partial charge in [-0.1, -0.05) is 18.6 Å². The van der Waals surface area contributed by atoms with Gasteiger partial charge in [-0.2, -0.15) is 0 Å². The van der Waals surface area contributed by atoms with Crippen LogP contribution in [0.25, 0.3) is 0 Å². The number of hydrogen-bond donors (Lipinski definition) is 1. The van der Waals surface area contributed by atoms with E-state index in [1.807, 2.05) is 17.0 Å². The Labute approximate surface area is 201 Å². The van der Waals surface area contributed by atoms with E-state index in [4.69, 9.17) is 9.73 Å². The first-order valence-corrected chi connectivity index (χ1v) is 11.3. The lowest BCUT2D eigenvalue weighted by Crippen LogP contribution is -2.55. The van der Waals surface area contributed by atoms with Crippen molar-refractivity contribution in [1.29, 1.82) is 0 Å². The zero-order valence-corrected chi connectivity index (χ0v) is 20.6. The van der Waals surface area contributed by atoms with Crippen LogP contribution in [-0.2, 0) is 14.9 Å². The largest absolute Gasteiger partial charge is 0.368 e. The van der Waals surface area contributed by atoms with Gasteiger partial charge in [0.2, 0.25) is 0 Å². The Morgan fingerprint density at radius 3 is 2.39 bits per heavy atom. The molecule has 1 N–H and O–H groups in total. The first-order valence-electron chi connectivity index (χ1n) is 11.3. The number of piperazine rings is 1. The van der Waals surface area contributed by atoms with Crippen molar-refractivity contribution in [2.75, 3.05) is 45.9 Å². The fraction of sp³-hybridized carbons (Fsp3) is 0.652. The molecule has 0 bridgehead atoms. The van der Waals surface area contributed by atoms with E-state index in [1.54, 1.807) is 12.1 Å². The summed E-state index contributed by atoms with van der Waals surface area (Å²) >= 11 is 0. The van der Waals surface area contributed by atoms with Crippen molar-refractivity contribution in [2.45, 2.75) is 50.5 Å². The molecule has 1 aromatic rings. The lowest BCUT2D eigenvalue weighted by molar-refractivity contribution is -0.142. The molecule has 8 heteroatoms. The maximum Gasteiger partial charge on any atom is 0.251 e. The van der Waals surface area contributed by atoms with Crippen molar-refractivity contribution < 1.29 is 13.9 Å². The predicted octanol–water partition coefficient (Wildman–Crippen LogP) is 3.15. The molecule has 1 aromatic carbocycles. The topological polar surface area (TPSA) is 57.2 Å². The highest BCUT2D eigenvalue weighted by atomic mass is 127. The quantitative estimate of drug-likeness (QED) is 0.352.